The number of carboxylic acid groups (broad SMARTS) is 1. The number of amides is 1. The van der Waals surface area contributed by atoms with E-state index in [2.05, 4.69) is 5.32 Å². The predicted molar refractivity (Wildman–Crippen MR) is 76.9 cm³/mol. The maximum absolute atomic E-state index is 12.5. The van der Waals surface area contributed by atoms with E-state index in [9.17, 15) is 18.0 Å². The van der Waals surface area contributed by atoms with Gasteiger partial charge < -0.3 is 10.4 Å². The van der Waals surface area contributed by atoms with Crippen LogP contribution in [0.15, 0.2) is 16.3 Å². The van der Waals surface area contributed by atoms with Gasteiger partial charge in [-0.1, -0.05) is 0 Å². The van der Waals surface area contributed by atoms with Crippen molar-refractivity contribution in [3.8, 4) is 0 Å². The van der Waals surface area contributed by atoms with Gasteiger partial charge in [0.25, 0.3) is 5.91 Å². The Bertz CT molecular complexity index is 632. The van der Waals surface area contributed by atoms with Crippen molar-refractivity contribution in [3.63, 3.8) is 0 Å². The molecule has 2 heterocycles. The minimum atomic E-state index is -3.65. The molecule has 1 saturated heterocycles. The van der Waals surface area contributed by atoms with E-state index in [4.69, 9.17) is 5.11 Å². The summed E-state index contributed by atoms with van der Waals surface area (Å²) in [5.74, 6) is -1.57. The zero-order valence-electron chi connectivity index (χ0n) is 11.2. The summed E-state index contributed by atoms with van der Waals surface area (Å²) in [4.78, 5) is 22.5. The van der Waals surface area contributed by atoms with Gasteiger partial charge in [0.2, 0.25) is 10.0 Å². The summed E-state index contributed by atoms with van der Waals surface area (Å²) in [5, 5.41) is 12.5. The number of rotatable bonds is 6. The highest BCUT2D eigenvalue weighted by molar-refractivity contribution is 7.89. The maximum atomic E-state index is 12.5. The van der Waals surface area contributed by atoms with Crippen LogP contribution in [0.25, 0.3) is 0 Å². The predicted octanol–water partition coefficient (Wildman–Crippen LogP) is 0.737. The number of thiophene rings is 1. The summed E-state index contributed by atoms with van der Waals surface area (Å²) in [5.41, 5.74) is 0. The second kappa shape index (κ2) is 6.54. The second-order valence-electron chi connectivity index (χ2n) is 4.62. The van der Waals surface area contributed by atoms with Crippen LogP contribution >= 0.6 is 11.3 Å². The van der Waals surface area contributed by atoms with Crippen molar-refractivity contribution in [2.75, 3.05) is 19.6 Å². The van der Waals surface area contributed by atoms with E-state index in [0.29, 0.717) is 13.1 Å². The first-order chi connectivity index (χ1) is 9.93. The minimum absolute atomic E-state index is 0.00206. The van der Waals surface area contributed by atoms with E-state index in [1.807, 2.05) is 0 Å². The van der Waals surface area contributed by atoms with E-state index in [1.165, 1.54) is 10.4 Å². The van der Waals surface area contributed by atoms with Gasteiger partial charge in [0.05, 0.1) is 6.42 Å². The van der Waals surface area contributed by atoms with Gasteiger partial charge in [0, 0.05) is 19.6 Å². The standard InChI is InChI=1S/C12H16N2O5S2/c15-10(16)3-5-13-12(17)11-9(4-8-20-11)21(18,19)14-6-1-2-7-14/h4,8H,1-3,5-7H2,(H,13,17)(H,15,16). The fraction of sp³-hybridized carbons (Fsp3) is 0.500. The summed E-state index contributed by atoms with van der Waals surface area (Å²) in [6.45, 7) is 0.909. The van der Waals surface area contributed by atoms with Crippen molar-refractivity contribution < 1.29 is 23.1 Å². The van der Waals surface area contributed by atoms with Crippen LogP contribution in [0.2, 0.25) is 0 Å². The Balaban J connectivity index is 2.14. The van der Waals surface area contributed by atoms with E-state index in [-0.39, 0.29) is 22.7 Å². The summed E-state index contributed by atoms with van der Waals surface area (Å²) in [6.07, 6.45) is 1.44. The maximum Gasteiger partial charge on any atom is 0.305 e. The van der Waals surface area contributed by atoms with Crippen LogP contribution in [0.3, 0.4) is 0 Å². The van der Waals surface area contributed by atoms with Crippen LogP contribution < -0.4 is 5.32 Å². The Hall–Kier alpha value is -1.45. The molecule has 9 heteroatoms. The van der Waals surface area contributed by atoms with E-state index >= 15 is 0 Å². The molecule has 1 aromatic rings. The Morgan fingerprint density at radius 1 is 1.33 bits per heavy atom. The highest BCUT2D eigenvalue weighted by Crippen LogP contribution is 2.27. The lowest BCUT2D eigenvalue weighted by Gasteiger charge is -2.15. The molecule has 1 aliphatic rings. The van der Waals surface area contributed by atoms with Crippen molar-refractivity contribution in [3.05, 3.63) is 16.3 Å². The molecule has 21 heavy (non-hydrogen) atoms. The molecule has 1 aliphatic heterocycles. The summed E-state index contributed by atoms with van der Waals surface area (Å²) < 4.78 is 26.3. The number of nitrogens with one attached hydrogen (secondary N) is 1. The lowest BCUT2D eigenvalue weighted by molar-refractivity contribution is -0.136. The monoisotopic (exact) mass is 332 g/mol. The first-order valence-electron chi connectivity index (χ1n) is 6.50. The van der Waals surface area contributed by atoms with Crippen molar-refractivity contribution in [1.82, 2.24) is 9.62 Å². The largest absolute Gasteiger partial charge is 0.481 e. The van der Waals surface area contributed by atoms with Gasteiger partial charge in [-0.2, -0.15) is 4.31 Å². The molecule has 0 saturated carbocycles. The van der Waals surface area contributed by atoms with Crippen LogP contribution in [0.4, 0.5) is 0 Å². The fourth-order valence-corrected chi connectivity index (χ4v) is 4.93. The summed E-state index contributed by atoms with van der Waals surface area (Å²) >= 11 is 1.04. The molecule has 0 spiro atoms. The molecule has 0 bridgehead atoms. The third kappa shape index (κ3) is 3.60. The number of carboxylic acids is 1. The Labute approximate surface area is 126 Å². The van der Waals surface area contributed by atoms with Gasteiger partial charge in [0.15, 0.2) is 0 Å². The van der Waals surface area contributed by atoms with Gasteiger partial charge in [-0.05, 0) is 24.3 Å². The van der Waals surface area contributed by atoms with Crippen molar-refractivity contribution in [2.24, 2.45) is 0 Å². The number of hydrogen-bond donors (Lipinski definition) is 2. The molecular formula is C12H16N2O5S2. The van der Waals surface area contributed by atoms with Crippen molar-refractivity contribution in [1.29, 1.82) is 0 Å². The van der Waals surface area contributed by atoms with Crippen LogP contribution in [0, 0.1) is 0 Å². The highest BCUT2D eigenvalue weighted by atomic mass is 32.2. The number of carbonyl (C=O) groups excluding carboxylic acids is 1. The Morgan fingerprint density at radius 2 is 2.00 bits per heavy atom. The lowest BCUT2D eigenvalue weighted by atomic mass is 10.4. The van der Waals surface area contributed by atoms with Crippen LogP contribution in [-0.2, 0) is 14.8 Å². The average Bonchev–Trinajstić information content (AvgIpc) is 3.10. The van der Waals surface area contributed by atoms with Crippen molar-refractivity contribution in [2.45, 2.75) is 24.2 Å². The molecule has 0 atom stereocenters. The van der Waals surface area contributed by atoms with Gasteiger partial charge in [-0.3, -0.25) is 9.59 Å². The average molecular weight is 332 g/mol. The Morgan fingerprint density at radius 3 is 2.62 bits per heavy atom. The number of aliphatic carboxylic acids is 1. The molecule has 0 aromatic carbocycles. The number of sulfonamides is 1. The molecule has 7 nitrogen and oxygen atoms in total. The Kier molecular flexibility index (Phi) is 4.96. The number of hydrogen-bond acceptors (Lipinski definition) is 5. The summed E-state index contributed by atoms with van der Waals surface area (Å²) in [6, 6.07) is 1.42. The van der Waals surface area contributed by atoms with E-state index < -0.39 is 21.9 Å². The molecule has 1 aromatic heterocycles. The number of carbonyl (C=O) groups is 2. The first kappa shape index (κ1) is 15.9. The molecule has 0 radical (unpaired) electrons. The van der Waals surface area contributed by atoms with Gasteiger partial charge in [0.1, 0.15) is 9.77 Å². The molecule has 0 aliphatic carbocycles. The van der Waals surface area contributed by atoms with Crippen molar-refractivity contribution >= 4 is 33.2 Å². The molecule has 2 rings (SSSR count). The number of nitrogens with zero attached hydrogens (tertiary/aromatic N) is 1. The topological polar surface area (TPSA) is 104 Å². The first-order valence-corrected chi connectivity index (χ1v) is 8.82. The zero-order chi connectivity index (χ0) is 15.5. The van der Waals surface area contributed by atoms with E-state index in [1.54, 1.807) is 5.38 Å². The van der Waals surface area contributed by atoms with Crippen LogP contribution in [-0.4, -0.2) is 49.3 Å². The molecule has 1 amide bonds. The van der Waals surface area contributed by atoms with Crippen LogP contribution in [0.5, 0.6) is 0 Å². The van der Waals surface area contributed by atoms with Crippen LogP contribution in [0.1, 0.15) is 28.9 Å². The molecule has 116 valence electrons. The zero-order valence-corrected chi connectivity index (χ0v) is 12.9. The second-order valence-corrected chi connectivity index (χ2v) is 7.45. The normalized spacial score (nSPS) is 16.0. The van der Waals surface area contributed by atoms with Gasteiger partial charge in [-0.15, -0.1) is 11.3 Å². The molecular weight excluding hydrogens is 316 g/mol. The minimum Gasteiger partial charge on any atom is -0.481 e. The summed E-state index contributed by atoms with van der Waals surface area (Å²) in [7, 11) is -3.65. The third-order valence-corrected chi connectivity index (χ3v) is 6.13. The molecule has 0 unspecified atom stereocenters. The van der Waals surface area contributed by atoms with Gasteiger partial charge >= 0.3 is 5.97 Å². The third-order valence-electron chi connectivity index (χ3n) is 3.14. The SMILES string of the molecule is O=C(O)CCNC(=O)c1sccc1S(=O)(=O)N1CCCC1. The van der Waals surface area contributed by atoms with Gasteiger partial charge in [-0.25, -0.2) is 8.42 Å². The molecule has 1 fully saturated rings. The lowest BCUT2D eigenvalue weighted by Crippen LogP contribution is -2.31. The quantitative estimate of drug-likeness (QED) is 0.799. The molecule has 2 N–H and O–H groups in total. The fourth-order valence-electron chi connectivity index (χ4n) is 2.10. The van der Waals surface area contributed by atoms with E-state index in [0.717, 1.165) is 24.2 Å². The smallest absolute Gasteiger partial charge is 0.305 e. The highest BCUT2D eigenvalue weighted by Gasteiger charge is 2.31.